The van der Waals surface area contributed by atoms with Crippen molar-refractivity contribution >= 4 is 5.97 Å². The smallest absolute Gasteiger partial charge is 0.323 e. The lowest BCUT2D eigenvalue weighted by molar-refractivity contribution is -0.143. The summed E-state index contributed by atoms with van der Waals surface area (Å²) in [5, 5.41) is 9.13. The van der Waals surface area contributed by atoms with Crippen LogP contribution in [0.5, 0.6) is 0 Å². The molecule has 0 aliphatic carbocycles. The van der Waals surface area contributed by atoms with E-state index in [1.807, 2.05) is 6.92 Å². The maximum Gasteiger partial charge on any atom is 0.323 e. The van der Waals surface area contributed by atoms with Gasteiger partial charge in [0.05, 0.1) is 0 Å². The fourth-order valence-electron chi connectivity index (χ4n) is 2.93. The van der Waals surface area contributed by atoms with Crippen molar-refractivity contribution in [3.63, 3.8) is 0 Å². The number of aliphatic carboxylic acids is 1. The second-order valence-electron chi connectivity index (χ2n) is 5.79. The van der Waals surface area contributed by atoms with Crippen LogP contribution < -0.4 is 5.73 Å². The first-order valence-corrected chi connectivity index (χ1v) is 7.18. The van der Waals surface area contributed by atoms with Gasteiger partial charge in [0.2, 0.25) is 0 Å². The van der Waals surface area contributed by atoms with Gasteiger partial charge in [-0.15, -0.1) is 0 Å². The summed E-state index contributed by atoms with van der Waals surface area (Å²) in [5.41, 5.74) is 4.87. The first-order chi connectivity index (χ1) is 8.40. The Bertz CT molecular complexity index is 273. The van der Waals surface area contributed by atoms with E-state index < -0.39 is 11.5 Å². The minimum atomic E-state index is -1.04. The predicted molar refractivity (Wildman–Crippen MR) is 73.6 cm³/mol. The molecule has 4 heteroatoms. The van der Waals surface area contributed by atoms with Gasteiger partial charge in [0, 0.05) is 12.1 Å². The van der Waals surface area contributed by atoms with Gasteiger partial charge in [-0.1, -0.05) is 13.3 Å². The summed E-state index contributed by atoms with van der Waals surface area (Å²) in [4.78, 5) is 13.6. The van der Waals surface area contributed by atoms with Crippen molar-refractivity contribution in [1.29, 1.82) is 0 Å². The monoisotopic (exact) mass is 256 g/mol. The number of carboxylic acid groups (broad SMARTS) is 1. The Labute approximate surface area is 111 Å². The summed E-state index contributed by atoms with van der Waals surface area (Å²) in [6, 6.07) is 1.24. The van der Waals surface area contributed by atoms with Crippen LogP contribution in [0.25, 0.3) is 0 Å². The molecule has 0 saturated carbocycles. The fourth-order valence-corrected chi connectivity index (χ4v) is 2.93. The molecule has 0 aromatic heterocycles. The molecule has 0 aromatic rings. The molecule has 0 bridgehead atoms. The topological polar surface area (TPSA) is 66.6 Å². The first kappa shape index (κ1) is 15.4. The largest absolute Gasteiger partial charge is 0.480 e. The molecule has 1 fully saturated rings. The zero-order valence-electron chi connectivity index (χ0n) is 12.0. The molecule has 1 saturated heterocycles. The normalized spacial score (nSPS) is 28.9. The molecule has 3 atom stereocenters. The van der Waals surface area contributed by atoms with Crippen LogP contribution in [0.1, 0.15) is 59.3 Å². The van der Waals surface area contributed by atoms with E-state index in [0.29, 0.717) is 24.9 Å². The van der Waals surface area contributed by atoms with Crippen LogP contribution in [-0.2, 0) is 4.79 Å². The number of carboxylic acids is 1. The van der Waals surface area contributed by atoms with Crippen LogP contribution in [-0.4, -0.2) is 40.1 Å². The first-order valence-electron chi connectivity index (χ1n) is 7.18. The molecule has 0 radical (unpaired) electrons. The number of carbonyl (C=O) groups is 1. The predicted octanol–water partition coefficient (Wildman–Crippen LogP) is 2.22. The van der Waals surface area contributed by atoms with E-state index in [4.69, 9.17) is 10.8 Å². The molecule has 3 unspecified atom stereocenters. The maximum atomic E-state index is 11.1. The Balaban J connectivity index is 2.42. The average Bonchev–Trinajstić information content (AvgIpc) is 2.32. The van der Waals surface area contributed by atoms with Crippen molar-refractivity contribution in [2.45, 2.75) is 76.9 Å². The quantitative estimate of drug-likeness (QED) is 0.764. The summed E-state index contributed by atoms with van der Waals surface area (Å²) >= 11 is 0. The summed E-state index contributed by atoms with van der Waals surface area (Å²) < 4.78 is 0. The number of likely N-dealkylation sites (tertiary alicyclic amines) is 1. The van der Waals surface area contributed by atoms with Crippen LogP contribution in [0.2, 0.25) is 0 Å². The number of hydrogen-bond acceptors (Lipinski definition) is 3. The Morgan fingerprint density at radius 3 is 2.39 bits per heavy atom. The molecule has 3 N–H and O–H groups in total. The molecule has 106 valence electrons. The zero-order valence-corrected chi connectivity index (χ0v) is 12.0. The lowest BCUT2D eigenvalue weighted by atomic mass is 9.90. The van der Waals surface area contributed by atoms with E-state index in [1.165, 1.54) is 19.3 Å². The van der Waals surface area contributed by atoms with E-state index in [0.717, 1.165) is 13.0 Å². The van der Waals surface area contributed by atoms with Gasteiger partial charge in [0.1, 0.15) is 5.54 Å². The number of hydrogen-bond donors (Lipinski definition) is 2. The second kappa shape index (κ2) is 6.53. The average molecular weight is 256 g/mol. The summed E-state index contributed by atoms with van der Waals surface area (Å²) in [6.45, 7) is 7.35. The van der Waals surface area contributed by atoms with Crippen molar-refractivity contribution in [2.75, 3.05) is 6.54 Å². The third-order valence-corrected chi connectivity index (χ3v) is 4.47. The highest BCUT2D eigenvalue weighted by molar-refractivity contribution is 5.78. The molecular weight excluding hydrogens is 228 g/mol. The minimum absolute atomic E-state index is 0.493. The zero-order chi connectivity index (χ0) is 13.8. The third kappa shape index (κ3) is 3.69. The fraction of sp³-hybridized carbons (Fsp3) is 0.929. The van der Waals surface area contributed by atoms with Crippen LogP contribution in [0.3, 0.4) is 0 Å². The van der Waals surface area contributed by atoms with Gasteiger partial charge in [-0.25, -0.2) is 0 Å². The highest BCUT2D eigenvalue weighted by Crippen LogP contribution is 2.24. The molecule has 1 rings (SSSR count). The van der Waals surface area contributed by atoms with Crippen molar-refractivity contribution in [3.05, 3.63) is 0 Å². The van der Waals surface area contributed by atoms with Gasteiger partial charge in [0.15, 0.2) is 0 Å². The van der Waals surface area contributed by atoms with Crippen LogP contribution in [0.4, 0.5) is 0 Å². The van der Waals surface area contributed by atoms with E-state index in [1.54, 1.807) is 0 Å². The van der Waals surface area contributed by atoms with E-state index >= 15 is 0 Å². The lowest BCUT2D eigenvalue weighted by Crippen LogP contribution is -2.49. The summed E-state index contributed by atoms with van der Waals surface area (Å²) in [5.74, 6) is -0.871. The Kier molecular flexibility index (Phi) is 5.60. The van der Waals surface area contributed by atoms with E-state index in [-0.39, 0.29) is 0 Å². The highest BCUT2D eigenvalue weighted by Gasteiger charge is 2.32. The van der Waals surface area contributed by atoms with Crippen LogP contribution in [0, 0.1) is 0 Å². The highest BCUT2D eigenvalue weighted by atomic mass is 16.4. The molecule has 1 aliphatic rings. The molecule has 18 heavy (non-hydrogen) atoms. The number of nitrogens with zero attached hydrogens (tertiary/aromatic N) is 1. The molecule has 0 spiro atoms. The van der Waals surface area contributed by atoms with Crippen molar-refractivity contribution in [3.8, 4) is 0 Å². The molecule has 4 nitrogen and oxygen atoms in total. The number of piperidine rings is 1. The van der Waals surface area contributed by atoms with Crippen LogP contribution >= 0.6 is 0 Å². The molecule has 1 aliphatic heterocycles. The number of nitrogens with two attached hydrogens (primary N) is 1. The third-order valence-electron chi connectivity index (χ3n) is 4.47. The van der Waals surface area contributed by atoms with Crippen molar-refractivity contribution in [1.82, 2.24) is 4.90 Å². The van der Waals surface area contributed by atoms with Gasteiger partial charge >= 0.3 is 5.97 Å². The van der Waals surface area contributed by atoms with Crippen molar-refractivity contribution < 1.29 is 9.90 Å². The Morgan fingerprint density at radius 2 is 1.94 bits per heavy atom. The van der Waals surface area contributed by atoms with Gasteiger partial charge in [-0.05, 0) is 52.5 Å². The second-order valence-corrected chi connectivity index (χ2v) is 5.79. The SMILES string of the molecule is CCC(N)(CCCN1C(C)CCCC1C)C(=O)O. The minimum Gasteiger partial charge on any atom is -0.480 e. The van der Waals surface area contributed by atoms with Gasteiger partial charge in [-0.2, -0.15) is 0 Å². The standard InChI is InChI=1S/C14H28N2O2/c1-4-14(15,13(17)18)9-6-10-16-11(2)7-5-8-12(16)3/h11-12H,4-10,15H2,1-3H3,(H,17,18). The number of rotatable bonds is 6. The molecular formula is C14H28N2O2. The van der Waals surface area contributed by atoms with Crippen LogP contribution in [0.15, 0.2) is 0 Å². The molecule has 0 aromatic carbocycles. The maximum absolute atomic E-state index is 11.1. The van der Waals surface area contributed by atoms with Gasteiger partial charge < -0.3 is 10.8 Å². The summed E-state index contributed by atoms with van der Waals surface area (Å²) in [6.07, 6.45) is 5.74. The Hall–Kier alpha value is -0.610. The molecule has 1 heterocycles. The Morgan fingerprint density at radius 1 is 1.39 bits per heavy atom. The van der Waals surface area contributed by atoms with Gasteiger partial charge in [0.25, 0.3) is 0 Å². The van der Waals surface area contributed by atoms with Gasteiger partial charge in [-0.3, -0.25) is 9.69 Å². The van der Waals surface area contributed by atoms with Crippen molar-refractivity contribution in [2.24, 2.45) is 5.73 Å². The van der Waals surface area contributed by atoms with E-state index in [2.05, 4.69) is 18.7 Å². The molecule has 0 amide bonds. The van der Waals surface area contributed by atoms with E-state index in [9.17, 15) is 4.79 Å². The lowest BCUT2D eigenvalue weighted by Gasteiger charge is -2.39. The summed E-state index contributed by atoms with van der Waals surface area (Å²) in [7, 11) is 0.